The summed E-state index contributed by atoms with van der Waals surface area (Å²) >= 11 is 5.97. The number of nitrogens with one attached hydrogen (secondary N) is 1. The number of para-hydroxylation sites is 1. The highest BCUT2D eigenvalue weighted by Crippen LogP contribution is 2.29. The lowest BCUT2D eigenvalue weighted by Crippen LogP contribution is -2.17. The van der Waals surface area contributed by atoms with Crippen molar-refractivity contribution in [3.63, 3.8) is 0 Å². The lowest BCUT2D eigenvalue weighted by atomic mass is 10.1. The molecule has 3 N–H and O–H groups in total. The fraction of sp³-hybridized carbons (Fsp3) is 0.143. The minimum absolute atomic E-state index is 0.0948. The number of sulfonamides is 1. The van der Waals surface area contributed by atoms with E-state index in [9.17, 15) is 8.42 Å². The third kappa shape index (κ3) is 2.73. The first-order valence-corrected chi connectivity index (χ1v) is 7.82. The van der Waals surface area contributed by atoms with E-state index in [0.29, 0.717) is 16.3 Å². The van der Waals surface area contributed by atoms with Gasteiger partial charge in [0.1, 0.15) is 4.90 Å². The third-order valence-corrected chi connectivity index (χ3v) is 4.99. The Morgan fingerprint density at radius 3 is 2.40 bits per heavy atom. The maximum absolute atomic E-state index is 12.5. The molecule has 2 aromatic rings. The minimum atomic E-state index is -3.78. The number of hydrogen-bond donors (Lipinski definition) is 2. The Hall–Kier alpha value is -1.72. The first-order valence-electron chi connectivity index (χ1n) is 5.96. The first kappa shape index (κ1) is 14.7. The molecule has 0 bridgehead atoms. The molecule has 0 radical (unpaired) electrons. The van der Waals surface area contributed by atoms with Gasteiger partial charge in [0, 0.05) is 0 Å². The molecule has 20 heavy (non-hydrogen) atoms. The summed E-state index contributed by atoms with van der Waals surface area (Å²) in [5, 5.41) is 0.333. The Morgan fingerprint density at radius 1 is 1.10 bits per heavy atom. The molecule has 0 atom stereocenters. The Morgan fingerprint density at radius 2 is 1.75 bits per heavy atom. The van der Waals surface area contributed by atoms with Crippen LogP contribution in [0, 0.1) is 13.8 Å². The zero-order chi connectivity index (χ0) is 14.9. The number of benzene rings is 2. The predicted molar refractivity (Wildman–Crippen MR) is 82.6 cm³/mol. The van der Waals surface area contributed by atoms with E-state index in [1.807, 2.05) is 6.92 Å². The summed E-state index contributed by atoms with van der Waals surface area (Å²) < 4.78 is 27.5. The molecule has 4 nitrogen and oxygen atoms in total. The molecule has 0 amide bonds. The van der Waals surface area contributed by atoms with Crippen molar-refractivity contribution in [1.29, 1.82) is 0 Å². The van der Waals surface area contributed by atoms with Gasteiger partial charge in [-0.05, 0) is 43.2 Å². The van der Waals surface area contributed by atoms with Crippen LogP contribution >= 0.6 is 11.6 Å². The molecule has 0 aliphatic rings. The van der Waals surface area contributed by atoms with Crippen LogP contribution in [0.2, 0.25) is 5.02 Å². The van der Waals surface area contributed by atoms with Crippen molar-refractivity contribution in [2.24, 2.45) is 0 Å². The topological polar surface area (TPSA) is 72.2 Å². The zero-order valence-electron chi connectivity index (χ0n) is 11.1. The Bertz CT molecular complexity index is 758. The van der Waals surface area contributed by atoms with E-state index >= 15 is 0 Å². The molecule has 0 unspecified atom stereocenters. The molecule has 0 spiro atoms. The van der Waals surface area contributed by atoms with Crippen LogP contribution in [0.1, 0.15) is 11.1 Å². The van der Waals surface area contributed by atoms with Gasteiger partial charge in [-0.2, -0.15) is 0 Å². The van der Waals surface area contributed by atoms with Crippen LogP contribution in [-0.2, 0) is 10.0 Å². The first-order chi connectivity index (χ1) is 9.33. The normalized spacial score (nSPS) is 11.3. The van der Waals surface area contributed by atoms with Crippen LogP contribution in [0.3, 0.4) is 0 Å². The SMILES string of the molecule is Cc1ccc(N)c(S(=O)(=O)Nc2ccccc2Cl)c1C. The van der Waals surface area contributed by atoms with Gasteiger partial charge >= 0.3 is 0 Å². The second kappa shape index (κ2) is 5.34. The van der Waals surface area contributed by atoms with Crippen molar-refractivity contribution in [1.82, 2.24) is 0 Å². The summed E-state index contributed by atoms with van der Waals surface area (Å²) in [5.41, 5.74) is 7.85. The highest BCUT2D eigenvalue weighted by molar-refractivity contribution is 7.93. The fourth-order valence-corrected chi connectivity index (χ4v) is 3.66. The summed E-state index contributed by atoms with van der Waals surface area (Å²) in [6.45, 7) is 3.57. The number of hydrogen-bond acceptors (Lipinski definition) is 3. The Kier molecular flexibility index (Phi) is 3.92. The van der Waals surface area contributed by atoms with Crippen LogP contribution in [0.15, 0.2) is 41.3 Å². The Labute approximate surface area is 123 Å². The minimum Gasteiger partial charge on any atom is -0.398 e. The van der Waals surface area contributed by atoms with Gasteiger partial charge < -0.3 is 5.73 Å². The van der Waals surface area contributed by atoms with E-state index in [0.717, 1.165) is 5.56 Å². The predicted octanol–water partition coefficient (Wildman–Crippen LogP) is 3.34. The van der Waals surface area contributed by atoms with E-state index in [-0.39, 0.29) is 10.6 Å². The van der Waals surface area contributed by atoms with Gasteiger partial charge in [-0.3, -0.25) is 4.72 Å². The lowest BCUT2D eigenvalue weighted by Gasteiger charge is -2.14. The molecule has 106 valence electrons. The number of halogens is 1. The monoisotopic (exact) mass is 310 g/mol. The van der Waals surface area contributed by atoms with Gasteiger partial charge in [0.05, 0.1) is 16.4 Å². The van der Waals surface area contributed by atoms with Gasteiger partial charge in [0.25, 0.3) is 10.0 Å². The quantitative estimate of drug-likeness (QED) is 0.854. The van der Waals surface area contributed by atoms with Crippen molar-refractivity contribution in [2.75, 3.05) is 10.5 Å². The van der Waals surface area contributed by atoms with Crippen molar-refractivity contribution in [3.05, 3.63) is 52.5 Å². The van der Waals surface area contributed by atoms with Crippen LogP contribution in [-0.4, -0.2) is 8.42 Å². The number of rotatable bonds is 3. The average Bonchev–Trinajstić information content (AvgIpc) is 2.37. The summed E-state index contributed by atoms with van der Waals surface area (Å²) in [6.07, 6.45) is 0. The summed E-state index contributed by atoms with van der Waals surface area (Å²) in [7, 11) is -3.78. The van der Waals surface area contributed by atoms with Gasteiger partial charge in [0.2, 0.25) is 0 Å². The maximum Gasteiger partial charge on any atom is 0.264 e. The van der Waals surface area contributed by atoms with E-state index in [2.05, 4.69) is 4.72 Å². The molecule has 0 saturated carbocycles. The van der Waals surface area contributed by atoms with Crippen molar-refractivity contribution < 1.29 is 8.42 Å². The van der Waals surface area contributed by atoms with Gasteiger partial charge in [0.15, 0.2) is 0 Å². The Balaban J connectivity index is 2.52. The molecular weight excluding hydrogens is 296 g/mol. The molecule has 0 heterocycles. The van der Waals surface area contributed by atoms with E-state index < -0.39 is 10.0 Å². The van der Waals surface area contributed by atoms with Crippen LogP contribution in [0.25, 0.3) is 0 Å². The average molecular weight is 311 g/mol. The number of nitrogens with two attached hydrogens (primary N) is 1. The number of nitrogen functional groups attached to an aromatic ring is 1. The van der Waals surface area contributed by atoms with Gasteiger partial charge in [-0.15, -0.1) is 0 Å². The molecule has 2 rings (SSSR count). The van der Waals surface area contributed by atoms with Crippen molar-refractivity contribution in [2.45, 2.75) is 18.7 Å². The zero-order valence-corrected chi connectivity index (χ0v) is 12.7. The number of aryl methyl sites for hydroxylation is 1. The molecule has 6 heteroatoms. The molecule has 0 saturated heterocycles. The standard InChI is InChI=1S/C14H15ClN2O2S/c1-9-7-8-12(16)14(10(9)2)20(18,19)17-13-6-4-3-5-11(13)15/h3-8,17H,16H2,1-2H3. The van der Waals surface area contributed by atoms with Crippen LogP contribution in [0.5, 0.6) is 0 Å². The fourth-order valence-electron chi connectivity index (χ4n) is 1.91. The second-order valence-electron chi connectivity index (χ2n) is 4.51. The van der Waals surface area contributed by atoms with Crippen LogP contribution < -0.4 is 10.5 Å². The highest BCUT2D eigenvalue weighted by atomic mass is 35.5. The van der Waals surface area contributed by atoms with Crippen molar-refractivity contribution >= 4 is 33.0 Å². The van der Waals surface area contributed by atoms with E-state index in [4.69, 9.17) is 17.3 Å². The smallest absolute Gasteiger partial charge is 0.264 e. The lowest BCUT2D eigenvalue weighted by molar-refractivity contribution is 0.601. The molecule has 0 fully saturated rings. The van der Waals surface area contributed by atoms with E-state index in [1.54, 1.807) is 43.3 Å². The van der Waals surface area contributed by atoms with Gasteiger partial charge in [-0.1, -0.05) is 29.8 Å². The van der Waals surface area contributed by atoms with Crippen LogP contribution in [0.4, 0.5) is 11.4 Å². The maximum atomic E-state index is 12.5. The molecule has 2 aromatic carbocycles. The summed E-state index contributed by atoms with van der Waals surface area (Å²) in [6, 6.07) is 10.0. The molecular formula is C14H15ClN2O2S. The highest BCUT2D eigenvalue weighted by Gasteiger charge is 2.22. The summed E-state index contributed by atoms with van der Waals surface area (Å²) in [4.78, 5) is 0.0948. The number of anilines is 2. The molecule has 0 aliphatic carbocycles. The molecule has 0 aliphatic heterocycles. The van der Waals surface area contributed by atoms with E-state index in [1.165, 1.54) is 0 Å². The largest absolute Gasteiger partial charge is 0.398 e. The second-order valence-corrected chi connectivity index (χ2v) is 6.54. The van der Waals surface area contributed by atoms with Gasteiger partial charge in [-0.25, -0.2) is 8.42 Å². The molecule has 0 aromatic heterocycles. The van der Waals surface area contributed by atoms with Crippen molar-refractivity contribution in [3.8, 4) is 0 Å². The summed E-state index contributed by atoms with van der Waals surface area (Å²) in [5.74, 6) is 0. The third-order valence-electron chi connectivity index (χ3n) is 3.09.